The van der Waals surface area contributed by atoms with Gasteiger partial charge in [-0.15, -0.1) is 0 Å². The minimum atomic E-state index is -0.910. The first kappa shape index (κ1) is 20.9. The molecule has 10 heteroatoms. The number of hydrazine groups is 1. The number of benzene rings is 1. The lowest BCUT2D eigenvalue weighted by atomic mass is 10.2. The lowest BCUT2D eigenvalue weighted by Crippen LogP contribution is -2.54. The zero-order valence-corrected chi connectivity index (χ0v) is 14.6. The van der Waals surface area contributed by atoms with E-state index in [1.165, 1.54) is 13.8 Å². The summed E-state index contributed by atoms with van der Waals surface area (Å²) in [6, 6.07) is 7.27. The average Bonchev–Trinajstić information content (AvgIpc) is 2.60. The van der Waals surface area contributed by atoms with Gasteiger partial charge >= 0.3 is 6.09 Å². The van der Waals surface area contributed by atoms with Gasteiger partial charge in [-0.2, -0.15) is 0 Å². The van der Waals surface area contributed by atoms with Gasteiger partial charge in [-0.1, -0.05) is 30.3 Å². The molecule has 0 spiro atoms. The maximum absolute atomic E-state index is 12.0. The van der Waals surface area contributed by atoms with Gasteiger partial charge in [0, 0.05) is 0 Å². The first-order chi connectivity index (χ1) is 12.3. The normalized spacial score (nSPS) is 12.4. The first-order valence-electron chi connectivity index (χ1n) is 7.88. The Labute approximate surface area is 150 Å². The van der Waals surface area contributed by atoms with Gasteiger partial charge in [-0.3, -0.25) is 19.8 Å². The predicted molar refractivity (Wildman–Crippen MR) is 92.2 cm³/mol. The molecule has 0 unspecified atom stereocenters. The van der Waals surface area contributed by atoms with Crippen LogP contribution in [0.15, 0.2) is 30.3 Å². The first-order valence-corrected chi connectivity index (χ1v) is 7.88. The second kappa shape index (κ2) is 10.7. The number of ether oxygens (including phenoxy) is 1. The van der Waals surface area contributed by atoms with E-state index in [9.17, 15) is 19.2 Å². The van der Waals surface area contributed by atoms with Gasteiger partial charge in [0.2, 0.25) is 11.8 Å². The molecule has 4 amide bonds. The van der Waals surface area contributed by atoms with E-state index in [4.69, 9.17) is 10.5 Å². The molecule has 0 radical (unpaired) electrons. The Hall–Kier alpha value is -3.14. The lowest BCUT2D eigenvalue weighted by Gasteiger charge is -2.18. The highest BCUT2D eigenvalue weighted by Gasteiger charge is 2.21. The van der Waals surface area contributed by atoms with Crippen LogP contribution >= 0.6 is 0 Å². The maximum atomic E-state index is 12.0. The fourth-order valence-electron chi connectivity index (χ4n) is 1.74. The number of carbonyl (C=O) groups excluding carboxylic acids is 4. The highest BCUT2D eigenvalue weighted by Crippen LogP contribution is 2.00. The smallest absolute Gasteiger partial charge is 0.408 e. The molecular weight excluding hydrogens is 342 g/mol. The third kappa shape index (κ3) is 8.11. The second-order valence-corrected chi connectivity index (χ2v) is 5.47. The monoisotopic (exact) mass is 365 g/mol. The molecule has 0 bridgehead atoms. The molecule has 0 heterocycles. The molecule has 0 aliphatic rings. The van der Waals surface area contributed by atoms with Gasteiger partial charge in [0.1, 0.15) is 18.7 Å². The Kier molecular flexibility index (Phi) is 8.58. The Morgan fingerprint density at radius 2 is 1.62 bits per heavy atom. The van der Waals surface area contributed by atoms with E-state index < -0.39 is 35.9 Å². The van der Waals surface area contributed by atoms with E-state index in [-0.39, 0.29) is 13.2 Å². The highest BCUT2D eigenvalue weighted by atomic mass is 16.5. The van der Waals surface area contributed by atoms with Gasteiger partial charge in [0.15, 0.2) is 0 Å². The molecule has 26 heavy (non-hydrogen) atoms. The SMILES string of the molecule is C[C@H](NC(=O)OCc1ccccc1)C(=O)N[C@@H](C)C(=O)NNCC(N)=O. The summed E-state index contributed by atoms with van der Waals surface area (Å²) in [6.07, 6.45) is -0.753. The van der Waals surface area contributed by atoms with Crippen molar-refractivity contribution in [3.8, 4) is 0 Å². The van der Waals surface area contributed by atoms with Crippen molar-refractivity contribution in [2.24, 2.45) is 5.73 Å². The third-order valence-corrected chi connectivity index (χ3v) is 3.17. The molecule has 10 nitrogen and oxygen atoms in total. The molecular formula is C16H23N5O5. The van der Waals surface area contributed by atoms with Crippen LogP contribution in [0.1, 0.15) is 19.4 Å². The fraction of sp³-hybridized carbons (Fsp3) is 0.375. The van der Waals surface area contributed by atoms with E-state index in [0.717, 1.165) is 5.56 Å². The molecule has 0 saturated heterocycles. The van der Waals surface area contributed by atoms with Gasteiger partial charge in [0.25, 0.3) is 5.91 Å². The second-order valence-electron chi connectivity index (χ2n) is 5.47. The van der Waals surface area contributed by atoms with Crippen LogP contribution in [0.3, 0.4) is 0 Å². The number of nitrogens with two attached hydrogens (primary N) is 1. The molecule has 0 aromatic heterocycles. The maximum Gasteiger partial charge on any atom is 0.408 e. The summed E-state index contributed by atoms with van der Waals surface area (Å²) in [7, 11) is 0. The third-order valence-electron chi connectivity index (χ3n) is 3.17. The Bertz CT molecular complexity index is 637. The van der Waals surface area contributed by atoms with Gasteiger partial charge < -0.3 is 21.1 Å². The van der Waals surface area contributed by atoms with Crippen molar-refractivity contribution in [2.45, 2.75) is 32.5 Å². The van der Waals surface area contributed by atoms with Crippen LogP contribution in [0.25, 0.3) is 0 Å². The van der Waals surface area contributed by atoms with E-state index in [1.54, 1.807) is 12.1 Å². The topological polar surface area (TPSA) is 152 Å². The predicted octanol–water partition coefficient (Wildman–Crippen LogP) is -1.09. The molecule has 2 atom stereocenters. The van der Waals surface area contributed by atoms with Crippen molar-refractivity contribution in [3.05, 3.63) is 35.9 Å². The number of nitrogens with one attached hydrogen (secondary N) is 4. The minimum absolute atomic E-state index is 0.0748. The van der Waals surface area contributed by atoms with Crippen LogP contribution < -0.4 is 27.2 Å². The highest BCUT2D eigenvalue weighted by molar-refractivity contribution is 5.90. The van der Waals surface area contributed by atoms with Gasteiger partial charge in [-0.25, -0.2) is 10.2 Å². The number of primary amides is 1. The average molecular weight is 365 g/mol. The zero-order chi connectivity index (χ0) is 19.5. The standard InChI is InChI=1S/C16H23N5O5/c1-10(20-16(25)26-9-12-6-4-3-5-7-12)14(23)19-11(2)15(24)21-18-8-13(17)22/h3-7,10-11,18H,8-9H2,1-2H3,(H2,17,22)(H,19,23)(H,20,25)(H,21,24)/t10-,11-/m0/s1. The Balaban J connectivity index is 2.33. The molecule has 0 fully saturated rings. The summed E-state index contributed by atoms with van der Waals surface area (Å²) in [6.45, 7) is 2.73. The van der Waals surface area contributed by atoms with Crippen molar-refractivity contribution in [2.75, 3.05) is 6.54 Å². The van der Waals surface area contributed by atoms with Crippen LogP contribution in [0.2, 0.25) is 0 Å². The molecule has 1 rings (SSSR count). The summed E-state index contributed by atoms with van der Waals surface area (Å²) >= 11 is 0. The van der Waals surface area contributed by atoms with Gasteiger partial charge in [-0.05, 0) is 19.4 Å². The number of hydrogen-bond donors (Lipinski definition) is 5. The molecule has 6 N–H and O–H groups in total. The van der Waals surface area contributed by atoms with E-state index in [0.29, 0.717) is 0 Å². The van der Waals surface area contributed by atoms with Crippen molar-refractivity contribution in [1.29, 1.82) is 0 Å². The molecule has 1 aromatic carbocycles. The fourth-order valence-corrected chi connectivity index (χ4v) is 1.74. The van der Waals surface area contributed by atoms with Crippen LogP contribution in [0, 0.1) is 0 Å². The van der Waals surface area contributed by atoms with E-state index in [2.05, 4.69) is 21.5 Å². The number of rotatable bonds is 9. The molecule has 0 aliphatic heterocycles. The Morgan fingerprint density at radius 1 is 1.00 bits per heavy atom. The van der Waals surface area contributed by atoms with E-state index >= 15 is 0 Å². The van der Waals surface area contributed by atoms with Crippen LogP contribution in [0.4, 0.5) is 4.79 Å². The van der Waals surface area contributed by atoms with Gasteiger partial charge in [0.05, 0.1) is 6.54 Å². The number of alkyl carbamates (subject to hydrolysis) is 1. The summed E-state index contributed by atoms with van der Waals surface area (Å²) in [5.41, 5.74) is 10.3. The van der Waals surface area contributed by atoms with Crippen molar-refractivity contribution in [3.63, 3.8) is 0 Å². The number of amides is 4. The summed E-state index contributed by atoms with van der Waals surface area (Å²) in [4.78, 5) is 46.0. The van der Waals surface area contributed by atoms with Crippen molar-refractivity contribution >= 4 is 23.8 Å². The minimum Gasteiger partial charge on any atom is -0.445 e. The largest absolute Gasteiger partial charge is 0.445 e. The van der Waals surface area contributed by atoms with Crippen LogP contribution in [-0.2, 0) is 25.7 Å². The molecule has 142 valence electrons. The Morgan fingerprint density at radius 3 is 2.23 bits per heavy atom. The summed E-state index contributed by atoms with van der Waals surface area (Å²) in [5.74, 6) is -1.79. The number of carbonyl (C=O) groups is 4. The quantitative estimate of drug-likeness (QED) is 0.351. The van der Waals surface area contributed by atoms with Crippen LogP contribution in [0.5, 0.6) is 0 Å². The van der Waals surface area contributed by atoms with Crippen molar-refractivity contribution in [1.82, 2.24) is 21.5 Å². The summed E-state index contributed by atoms with van der Waals surface area (Å²) < 4.78 is 5.01. The number of hydrogen-bond acceptors (Lipinski definition) is 6. The summed E-state index contributed by atoms with van der Waals surface area (Å²) in [5, 5.41) is 4.79. The molecule has 1 aromatic rings. The lowest BCUT2D eigenvalue weighted by molar-refractivity contribution is -0.130. The molecule has 0 saturated carbocycles. The zero-order valence-electron chi connectivity index (χ0n) is 14.6. The van der Waals surface area contributed by atoms with Crippen LogP contribution in [-0.4, -0.2) is 42.4 Å². The van der Waals surface area contributed by atoms with Crippen molar-refractivity contribution < 1.29 is 23.9 Å². The molecule has 0 aliphatic carbocycles. The van der Waals surface area contributed by atoms with E-state index in [1.807, 2.05) is 18.2 Å².